The van der Waals surface area contributed by atoms with Gasteiger partial charge in [-0.05, 0) is 25.5 Å². The predicted octanol–water partition coefficient (Wildman–Crippen LogP) is 3.69. The molecule has 0 saturated heterocycles. The molecule has 3 heteroatoms. The Morgan fingerprint density at radius 1 is 0.875 bits per heavy atom. The van der Waals surface area contributed by atoms with E-state index in [1.54, 1.807) is 6.33 Å². The molecular formula is C13H21N3. The lowest BCUT2D eigenvalue weighted by molar-refractivity contribution is 1.12. The summed E-state index contributed by atoms with van der Waals surface area (Å²) in [6, 6.07) is 2.01. The summed E-state index contributed by atoms with van der Waals surface area (Å²) in [5, 5.41) is 0. The fourth-order valence-electron chi connectivity index (χ4n) is 1.17. The number of hydrogen-bond donors (Lipinski definition) is 0. The van der Waals surface area contributed by atoms with Gasteiger partial charge in [-0.3, -0.25) is 4.98 Å². The molecule has 0 amide bonds. The van der Waals surface area contributed by atoms with Gasteiger partial charge in [0.1, 0.15) is 11.8 Å². The van der Waals surface area contributed by atoms with Gasteiger partial charge in [-0.1, -0.05) is 27.7 Å². The van der Waals surface area contributed by atoms with Gasteiger partial charge in [0.2, 0.25) is 0 Å². The molecule has 0 radical (unpaired) electrons. The van der Waals surface area contributed by atoms with Crippen molar-refractivity contribution in [2.45, 2.75) is 41.5 Å². The van der Waals surface area contributed by atoms with Crippen LogP contribution < -0.4 is 0 Å². The highest BCUT2D eigenvalue weighted by atomic mass is 14.9. The predicted molar refractivity (Wildman–Crippen MR) is 69.5 cm³/mol. The molecule has 0 atom stereocenters. The average Bonchev–Trinajstić information content (AvgIpc) is 2.34. The number of aromatic nitrogens is 3. The van der Waals surface area contributed by atoms with Crippen LogP contribution in [0.25, 0.3) is 11.0 Å². The molecule has 2 rings (SSSR count). The van der Waals surface area contributed by atoms with E-state index < -0.39 is 0 Å². The van der Waals surface area contributed by atoms with Crippen molar-refractivity contribution in [3.63, 3.8) is 0 Å². The first-order chi connectivity index (χ1) is 7.77. The standard InChI is InChI=1S/C9H9N3.2C2H6/c1-6-3-8-9(10-4-6)7(2)11-5-12-8;2*1-2/h3-5H,1-2H3;2*1-2H3. The minimum atomic E-state index is 0.892. The Bertz CT molecular complexity index is 424. The number of aryl methyl sites for hydroxylation is 2. The van der Waals surface area contributed by atoms with Crippen molar-refractivity contribution in [2.75, 3.05) is 0 Å². The van der Waals surface area contributed by atoms with Crippen molar-refractivity contribution in [1.29, 1.82) is 0 Å². The lowest BCUT2D eigenvalue weighted by Gasteiger charge is -1.98. The van der Waals surface area contributed by atoms with E-state index in [4.69, 9.17) is 0 Å². The Labute approximate surface area is 98.0 Å². The number of nitrogens with zero attached hydrogens (tertiary/aromatic N) is 3. The van der Waals surface area contributed by atoms with Gasteiger partial charge in [-0.2, -0.15) is 0 Å². The van der Waals surface area contributed by atoms with Crippen LogP contribution in [-0.4, -0.2) is 15.0 Å². The minimum Gasteiger partial charge on any atom is -0.252 e. The summed E-state index contributed by atoms with van der Waals surface area (Å²) >= 11 is 0. The summed E-state index contributed by atoms with van der Waals surface area (Å²) in [4.78, 5) is 12.4. The van der Waals surface area contributed by atoms with Crippen molar-refractivity contribution in [2.24, 2.45) is 0 Å². The summed E-state index contributed by atoms with van der Waals surface area (Å²) in [6.45, 7) is 11.9. The van der Waals surface area contributed by atoms with Gasteiger partial charge in [-0.15, -0.1) is 0 Å². The molecule has 3 nitrogen and oxygen atoms in total. The van der Waals surface area contributed by atoms with Crippen LogP contribution in [0.3, 0.4) is 0 Å². The topological polar surface area (TPSA) is 38.7 Å². The second kappa shape index (κ2) is 7.74. The third-order valence-electron chi connectivity index (χ3n) is 1.80. The van der Waals surface area contributed by atoms with Crippen molar-refractivity contribution in [1.82, 2.24) is 15.0 Å². The van der Waals surface area contributed by atoms with Gasteiger partial charge in [0, 0.05) is 6.20 Å². The van der Waals surface area contributed by atoms with Gasteiger partial charge in [0.15, 0.2) is 0 Å². The Kier molecular flexibility index (Phi) is 7.01. The molecule has 0 aromatic carbocycles. The zero-order chi connectivity index (χ0) is 12.6. The fourth-order valence-corrected chi connectivity index (χ4v) is 1.17. The maximum atomic E-state index is 4.26. The third kappa shape index (κ3) is 3.57. The largest absolute Gasteiger partial charge is 0.252 e. The molecule has 2 heterocycles. The number of hydrogen-bond acceptors (Lipinski definition) is 3. The van der Waals surface area contributed by atoms with Crippen LogP contribution in [0.5, 0.6) is 0 Å². The summed E-state index contributed by atoms with van der Waals surface area (Å²) < 4.78 is 0. The zero-order valence-corrected chi connectivity index (χ0v) is 11.1. The smallest absolute Gasteiger partial charge is 0.116 e. The van der Waals surface area contributed by atoms with E-state index in [0.717, 1.165) is 22.3 Å². The molecule has 0 spiro atoms. The van der Waals surface area contributed by atoms with E-state index in [9.17, 15) is 0 Å². The van der Waals surface area contributed by atoms with Crippen LogP contribution in [0.15, 0.2) is 18.6 Å². The van der Waals surface area contributed by atoms with Crippen molar-refractivity contribution in [3.8, 4) is 0 Å². The normalized spacial score (nSPS) is 8.62. The maximum absolute atomic E-state index is 4.26. The fraction of sp³-hybridized carbons (Fsp3) is 0.462. The molecule has 0 bridgehead atoms. The molecule has 2 aromatic heterocycles. The summed E-state index contributed by atoms with van der Waals surface area (Å²) in [6.07, 6.45) is 3.40. The molecule has 0 unspecified atom stereocenters. The summed E-state index contributed by atoms with van der Waals surface area (Å²) in [5.41, 5.74) is 3.87. The maximum Gasteiger partial charge on any atom is 0.116 e. The summed E-state index contributed by atoms with van der Waals surface area (Å²) in [5.74, 6) is 0. The lowest BCUT2D eigenvalue weighted by Crippen LogP contribution is -1.90. The minimum absolute atomic E-state index is 0.892. The number of rotatable bonds is 0. The van der Waals surface area contributed by atoms with E-state index >= 15 is 0 Å². The highest BCUT2D eigenvalue weighted by molar-refractivity contribution is 5.76. The van der Waals surface area contributed by atoms with Crippen molar-refractivity contribution in [3.05, 3.63) is 29.8 Å². The van der Waals surface area contributed by atoms with Crippen LogP contribution in [0.2, 0.25) is 0 Å². The number of fused-ring (bicyclic) bond motifs is 1. The molecule has 0 saturated carbocycles. The van der Waals surface area contributed by atoms with E-state index in [2.05, 4.69) is 15.0 Å². The quantitative estimate of drug-likeness (QED) is 0.678. The second-order valence-electron chi connectivity index (χ2n) is 2.84. The highest BCUT2D eigenvalue weighted by Gasteiger charge is 1.99. The average molecular weight is 219 g/mol. The van der Waals surface area contributed by atoms with E-state index in [1.165, 1.54) is 0 Å². The second-order valence-corrected chi connectivity index (χ2v) is 2.84. The zero-order valence-electron chi connectivity index (χ0n) is 11.1. The van der Waals surface area contributed by atoms with Gasteiger partial charge < -0.3 is 0 Å². The Hall–Kier alpha value is -1.51. The van der Waals surface area contributed by atoms with Crippen LogP contribution in [-0.2, 0) is 0 Å². The molecule has 0 N–H and O–H groups in total. The molecule has 0 aliphatic carbocycles. The monoisotopic (exact) mass is 219 g/mol. The molecular weight excluding hydrogens is 198 g/mol. The number of pyridine rings is 1. The van der Waals surface area contributed by atoms with Gasteiger partial charge in [0.05, 0.1) is 11.2 Å². The van der Waals surface area contributed by atoms with E-state index in [1.807, 2.05) is 53.8 Å². The van der Waals surface area contributed by atoms with Crippen LogP contribution >= 0.6 is 0 Å². The molecule has 0 fully saturated rings. The van der Waals surface area contributed by atoms with Crippen LogP contribution in [0.4, 0.5) is 0 Å². The Morgan fingerprint density at radius 2 is 1.50 bits per heavy atom. The first-order valence-electron chi connectivity index (χ1n) is 5.81. The summed E-state index contributed by atoms with van der Waals surface area (Å²) in [7, 11) is 0. The van der Waals surface area contributed by atoms with Crippen LogP contribution in [0, 0.1) is 13.8 Å². The van der Waals surface area contributed by atoms with E-state index in [-0.39, 0.29) is 0 Å². The van der Waals surface area contributed by atoms with Gasteiger partial charge >= 0.3 is 0 Å². The first-order valence-corrected chi connectivity index (χ1v) is 5.81. The van der Waals surface area contributed by atoms with E-state index in [0.29, 0.717) is 0 Å². The molecule has 0 aliphatic rings. The van der Waals surface area contributed by atoms with Gasteiger partial charge in [0.25, 0.3) is 0 Å². The molecule has 88 valence electrons. The first kappa shape index (κ1) is 14.5. The molecule has 0 aliphatic heterocycles. The Balaban J connectivity index is 0.000000509. The third-order valence-corrected chi connectivity index (χ3v) is 1.80. The Morgan fingerprint density at radius 3 is 2.12 bits per heavy atom. The van der Waals surface area contributed by atoms with Crippen LogP contribution in [0.1, 0.15) is 39.0 Å². The van der Waals surface area contributed by atoms with Crippen molar-refractivity contribution < 1.29 is 0 Å². The molecule has 16 heavy (non-hydrogen) atoms. The SMILES string of the molecule is CC.CC.Cc1cnc2c(C)ncnc2c1. The molecule has 2 aromatic rings. The lowest BCUT2D eigenvalue weighted by atomic mass is 10.2. The van der Waals surface area contributed by atoms with Gasteiger partial charge in [-0.25, -0.2) is 9.97 Å². The van der Waals surface area contributed by atoms with Crippen molar-refractivity contribution >= 4 is 11.0 Å². The highest BCUT2D eigenvalue weighted by Crippen LogP contribution is 2.11.